The van der Waals surface area contributed by atoms with Crippen molar-refractivity contribution in [1.29, 1.82) is 5.26 Å². The van der Waals surface area contributed by atoms with Crippen LogP contribution in [0.1, 0.15) is 6.42 Å². The van der Waals surface area contributed by atoms with E-state index in [2.05, 4.69) is 4.98 Å². The van der Waals surface area contributed by atoms with E-state index in [4.69, 9.17) is 28.5 Å². The van der Waals surface area contributed by atoms with E-state index in [0.29, 0.717) is 20.7 Å². The quantitative estimate of drug-likeness (QED) is 0.444. The Bertz CT molecular complexity index is 1450. The van der Waals surface area contributed by atoms with Gasteiger partial charge in [-0.05, 0) is 30.3 Å². The molecular weight excluding hydrogens is 450 g/mol. The average Bonchev–Trinajstić information content (AvgIpc) is 3.13. The lowest BCUT2D eigenvalue weighted by molar-refractivity contribution is 0.628. The summed E-state index contributed by atoms with van der Waals surface area (Å²) in [5, 5.41) is 9.46. The standard InChI is InChI=1S/C20H11Cl2FN4O2S/c21-11-6-13(10-25-9-11)27-19(28)18-16(26(20(27)29)5-1-4-24)8-17(30-18)14-3-2-12(23)7-15(14)22/h2-3,6-10H,1,5H2. The Morgan fingerprint density at radius 1 is 1.17 bits per heavy atom. The lowest BCUT2D eigenvalue weighted by atomic mass is 10.2. The van der Waals surface area contributed by atoms with Crippen LogP contribution in [0.3, 0.4) is 0 Å². The van der Waals surface area contributed by atoms with Gasteiger partial charge < -0.3 is 0 Å². The Morgan fingerprint density at radius 3 is 2.67 bits per heavy atom. The van der Waals surface area contributed by atoms with Crippen molar-refractivity contribution < 1.29 is 4.39 Å². The minimum Gasteiger partial charge on any atom is -0.291 e. The average molecular weight is 461 g/mol. The van der Waals surface area contributed by atoms with Gasteiger partial charge in [-0.2, -0.15) is 5.26 Å². The molecule has 0 N–H and O–H groups in total. The highest BCUT2D eigenvalue weighted by Gasteiger charge is 2.19. The van der Waals surface area contributed by atoms with E-state index in [-0.39, 0.29) is 28.7 Å². The molecule has 0 unspecified atom stereocenters. The van der Waals surface area contributed by atoms with Gasteiger partial charge in [-0.25, -0.2) is 13.8 Å². The summed E-state index contributed by atoms with van der Waals surface area (Å²) in [5.41, 5.74) is -0.0104. The molecular formula is C20H11Cl2FN4O2S. The van der Waals surface area contributed by atoms with E-state index in [0.717, 1.165) is 15.9 Å². The molecule has 0 aliphatic carbocycles. The molecule has 150 valence electrons. The number of benzene rings is 1. The number of nitriles is 1. The molecule has 0 atom stereocenters. The number of pyridine rings is 1. The van der Waals surface area contributed by atoms with Crippen molar-refractivity contribution in [3.63, 3.8) is 0 Å². The van der Waals surface area contributed by atoms with Gasteiger partial charge in [0.25, 0.3) is 5.56 Å². The Labute approximate surface area is 183 Å². The van der Waals surface area contributed by atoms with Gasteiger partial charge in [-0.15, -0.1) is 11.3 Å². The molecule has 0 fully saturated rings. The first-order chi connectivity index (χ1) is 14.4. The van der Waals surface area contributed by atoms with Gasteiger partial charge in [0.2, 0.25) is 0 Å². The highest BCUT2D eigenvalue weighted by Crippen LogP contribution is 2.36. The molecule has 4 aromatic rings. The normalized spacial score (nSPS) is 11.0. The second kappa shape index (κ2) is 8.03. The largest absolute Gasteiger partial charge is 0.336 e. The molecule has 0 bridgehead atoms. The molecule has 30 heavy (non-hydrogen) atoms. The van der Waals surface area contributed by atoms with Crippen LogP contribution in [0.15, 0.2) is 52.3 Å². The fourth-order valence-corrected chi connectivity index (χ4v) is 4.72. The van der Waals surface area contributed by atoms with Crippen LogP contribution in [0.25, 0.3) is 26.3 Å². The van der Waals surface area contributed by atoms with Gasteiger partial charge in [0.05, 0.1) is 39.9 Å². The summed E-state index contributed by atoms with van der Waals surface area (Å²) in [7, 11) is 0. The van der Waals surface area contributed by atoms with E-state index in [1.807, 2.05) is 6.07 Å². The van der Waals surface area contributed by atoms with E-state index < -0.39 is 17.1 Å². The minimum absolute atomic E-state index is 0.0729. The Morgan fingerprint density at radius 2 is 1.97 bits per heavy atom. The molecule has 1 aromatic carbocycles. The molecule has 4 rings (SSSR count). The molecule has 0 aliphatic heterocycles. The van der Waals surface area contributed by atoms with Gasteiger partial charge in [0.15, 0.2) is 0 Å². The van der Waals surface area contributed by atoms with E-state index >= 15 is 0 Å². The molecule has 0 radical (unpaired) electrons. The smallest absolute Gasteiger partial charge is 0.291 e. The third-order valence-electron chi connectivity index (χ3n) is 4.42. The van der Waals surface area contributed by atoms with Crippen LogP contribution in [-0.2, 0) is 6.54 Å². The topological polar surface area (TPSA) is 80.7 Å². The number of rotatable bonds is 4. The van der Waals surface area contributed by atoms with Gasteiger partial charge in [0.1, 0.15) is 10.5 Å². The Kier molecular flexibility index (Phi) is 5.43. The zero-order valence-corrected chi connectivity index (χ0v) is 17.4. The van der Waals surface area contributed by atoms with Crippen molar-refractivity contribution in [2.24, 2.45) is 0 Å². The zero-order valence-electron chi connectivity index (χ0n) is 15.1. The van der Waals surface area contributed by atoms with Crippen LogP contribution < -0.4 is 11.2 Å². The van der Waals surface area contributed by atoms with Crippen LogP contribution in [0.4, 0.5) is 4.39 Å². The number of nitrogens with zero attached hydrogens (tertiary/aromatic N) is 4. The molecule has 6 nitrogen and oxygen atoms in total. The lowest BCUT2D eigenvalue weighted by Crippen LogP contribution is -2.38. The second-order valence-corrected chi connectivity index (χ2v) is 8.19. The molecule has 0 amide bonds. The number of hydrogen-bond donors (Lipinski definition) is 0. The predicted molar refractivity (Wildman–Crippen MR) is 115 cm³/mol. The monoisotopic (exact) mass is 460 g/mol. The third-order valence-corrected chi connectivity index (χ3v) is 6.08. The predicted octanol–water partition coefficient (Wildman–Crippen LogP) is 4.64. The first kappa shape index (κ1) is 20.3. The number of aromatic nitrogens is 3. The molecule has 0 spiro atoms. The van der Waals surface area contributed by atoms with E-state index in [1.165, 1.54) is 41.2 Å². The molecule has 3 aromatic heterocycles. The van der Waals surface area contributed by atoms with E-state index in [9.17, 15) is 14.0 Å². The van der Waals surface area contributed by atoms with Crippen LogP contribution in [-0.4, -0.2) is 14.1 Å². The van der Waals surface area contributed by atoms with Crippen molar-refractivity contribution in [2.45, 2.75) is 13.0 Å². The summed E-state index contributed by atoms with van der Waals surface area (Å²) in [4.78, 5) is 30.9. The van der Waals surface area contributed by atoms with Gasteiger partial charge in [-0.1, -0.05) is 23.2 Å². The highest BCUT2D eigenvalue weighted by atomic mass is 35.5. The van der Waals surface area contributed by atoms with Crippen molar-refractivity contribution in [1.82, 2.24) is 14.1 Å². The highest BCUT2D eigenvalue weighted by molar-refractivity contribution is 7.22. The molecule has 0 saturated carbocycles. The summed E-state index contributed by atoms with van der Waals surface area (Å²) in [5.74, 6) is -0.480. The molecule has 0 saturated heterocycles. The fraction of sp³-hybridized carbons (Fsp3) is 0.100. The summed E-state index contributed by atoms with van der Waals surface area (Å²) < 4.78 is 16.1. The number of aryl methyl sites for hydroxylation is 1. The van der Waals surface area contributed by atoms with Crippen molar-refractivity contribution in [2.75, 3.05) is 0 Å². The molecule has 0 aliphatic rings. The first-order valence-electron chi connectivity index (χ1n) is 8.63. The zero-order chi connectivity index (χ0) is 21.4. The maximum absolute atomic E-state index is 13.4. The number of thiophene rings is 1. The van der Waals surface area contributed by atoms with Crippen LogP contribution in [0.2, 0.25) is 10.0 Å². The van der Waals surface area contributed by atoms with E-state index in [1.54, 1.807) is 6.07 Å². The second-order valence-electron chi connectivity index (χ2n) is 6.29. The third kappa shape index (κ3) is 3.52. The maximum atomic E-state index is 13.4. The fourth-order valence-electron chi connectivity index (χ4n) is 3.10. The van der Waals surface area contributed by atoms with Gasteiger partial charge in [-0.3, -0.25) is 14.3 Å². The number of halogens is 3. The summed E-state index contributed by atoms with van der Waals surface area (Å²) in [6.45, 7) is 0.0907. The Balaban J connectivity index is 2.05. The maximum Gasteiger partial charge on any atom is 0.336 e. The molecule has 10 heteroatoms. The van der Waals surface area contributed by atoms with Crippen molar-refractivity contribution in [3.05, 3.63) is 79.4 Å². The number of fused-ring (bicyclic) bond motifs is 1. The number of hydrogen-bond acceptors (Lipinski definition) is 5. The SMILES string of the molecule is N#CCCn1c(=O)n(-c2cncc(Cl)c2)c(=O)c2sc(-c3ccc(F)cc3Cl)cc21. The molecule has 3 heterocycles. The van der Waals surface area contributed by atoms with Gasteiger partial charge >= 0.3 is 5.69 Å². The van der Waals surface area contributed by atoms with Crippen LogP contribution in [0, 0.1) is 17.1 Å². The minimum atomic E-state index is -0.610. The van der Waals surface area contributed by atoms with Crippen LogP contribution in [0.5, 0.6) is 0 Å². The Hall–Kier alpha value is -2.99. The summed E-state index contributed by atoms with van der Waals surface area (Å²) in [6.07, 6.45) is 2.83. The van der Waals surface area contributed by atoms with Crippen molar-refractivity contribution >= 4 is 44.8 Å². The van der Waals surface area contributed by atoms with Crippen molar-refractivity contribution in [3.8, 4) is 22.2 Å². The van der Waals surface area contributed by atoms with Crippen LogP contribution >= 0.6 is 34.5 Å². The van der Waals surface area contributed by atoms with Gasteiger partial charge in [0, 0.05) is 23.2 Å². The summed E-state index contributed by atoms with van der Waals surface area (Å²) in [6, 6.07) is 9.08. The first-order valence-corrected chi connectivity index (χ1v) is 10.2. The lowest BCUT2D eigenvalue weighted by Gasteiger charge is -2.10. The summed E-state index contributed by atoms with van der Waals surface area (Å²) >= 11 is 13.3.